The Labute approximate surface area is 95.3 Å². The first kappa shape index (κ1) is 11.5. The predicted octanol–water partition coefficient (Wildman–Crippen LogP) is 1.45. The highest BCUT2D eigenvalue weighted by molar-refractivity contribution is 4.95. The lowest BCUT2D eigenvalue weighted by atomic mass is 10.3. The van der Waals surface area contributed by atoms with E-state index in [1.165, 1.54) is 12.8 Å². The fourth-order valence-electron chi connectivity index (χ4n) is 1.50. The second kappa shape index (κ2) is 5.41. The minimum absolute atomic E-state index is 0.275. The molecule has 16 heavy (non-hydrogen) atoms. The van der Waals surface area contributed by atoms with Gasteiger partial charge in [0.1, 0.15) is 0 Å². The molecule has 1 aliphatic rings. The van der Waals surface area contributed by atoms with Crippen LogP contribution in [0.1, 0.15) is 43.9 Å². The van der Waals surface area contributed by atoms with Gasteiger partial charge in [0.15, 0.2) is 5.82 Å². The van der Waals surface area contributed by atoms with Gasteiger partial charge in [0.25, 0.3) is 0 Å². The second-order valence-electron chi connectivity index (χ2n) is 4.38. The number of ether oxygens (including phenoxy) is 1. The molecule has 1 aromatic rings. The fraction of sp³-hybridized carbons (Fsp3) is 0.818. The van der Waals surface area contributed by atoms with E-state index in [2.05, 4.69) is 17.1 Å². The third-order valence-electron chi connectivity index (χ3n) is 2.62. The Bertz CT molecular complexity index is 323. The van der Waals surface area contributed by atoms with Crippen LogP contribution in [-0.4, -0.2) is 23.4 Å². The van der Waals surface area contributed by atoms with Crippen LogP contribution in [-0.2, 0) is 11.2 Å². The Hall–Kier alpha value is -0.940. The van der Waals surface area contributed by atoms with E-state index < -0.39 is 0 Å². The van der Waals surface area contributed by atoms with Crippen molar-refractivity contribution in [2.24, 2.45) is 11.7 Å². The zero-order chi connectivity index (χ0) is 11.4. The van der Waals surface area contributed by atoms with Gasteiger partial charge < -0.3 is 15.0 Å². The highest BCUT2D eigenvalue weighted by Crippen LogP contribution is 2.32. The molecule has 0 aliphatic heterocycles. The molecule has 2 N–H and O–H groups in total. The molecule has 0 radical (unpaired) electrons. The smallest absolute Gasteiger partial charge is 0.226 e. The van der Waals surface area contributed by atoms with Crippen molar-refractivity contribution in [3.8, 4) is 0 Å². The van der Waals surface area contributed by atoms with Crippen LogP contribution >= 0.6 is 0 Å². The van der Waals surface area contributed by atoms with E-state index in [4.69, 9.17) is 15.0 Å². The molecule has 2 rings (SSSR count). The fourth-order valence-corrected chi connectivity index (χ4v) is 1.50. The number of nitrogens with two attached hydrogens (primary N) is 1. The van der Waals surface area contributed by atoms with Crippen molar-refractivity contribution >= 4 is 0 Å². The molecule has 1 unspecified atom stereocenters. The summed E-state index contributed by atoms with van der Waals surface area (Å²) in [6.07, 6.45) is 4.45. The van der Waals surface area contributed by atoms with E-state index in [-0.39, 0.29) is 6.04 Å². The summed E-state index contributed by atoms with van der Waals surface area (Å²) >= 11 is 0. The van der Waals surface area contributed by atoms with Crippen molar-refractivity contribution in [1.29, 1.82) is 0 Å². The van der Waals surface area contributed by atoms with Gasteiger partial charge in [-0.15, -0.1) is 0 Å². The summed E-state index contributed by atoms with van der Waals surface area (Å²) in [7, 11) is 0. The molecule has 0 aromatic carbocycles. The van der Waals surface area contributed by atoms with Gasteiger partial charge in [0, 0.05) is 13.0 Å². The Morgan fingerprint density at radius 2 is 2.38 bits per heavy atom. The lowest BCUT2D eigenvalue weighted by Crippen LogP contribution is -2.18. The molecule has 5 nitrogen and oxygen atoms in total. The van der Waals surface area contributed by atoms with Gasteiger partial charge in [0.2, 0.25) is 5.89 Å². The monoisotopic (exact) mass is 225 g/mol. The van der Waals surface area contributed by atoms with E-state index >= 15 is 0 Å². The second-order valence-corrected chi connectivity index (χ2v) is 4.38. The summed E-state index contributed by atoms with van der Waals surface area (Å²) in [5.41, 5.74) is 5.89. The maximum absolute atomic E-state index is 5.89. The molecule has 0 amide bonds. The number of rotatable bonds is 7. The Morgan fingerprint density at radius 1 is 1.56 bits per heavy atom. The maximum atomic E-state index is 5.89. The molecule has 1 aliphatic carbocycles. The zero-order valence-corrected chi connectivity index (χ0v) is 9.69. The molecular formula is C11H19N3O2. The van der Waals surface area contributed by atoms with Crippen LogP contribution in [0, 0.1) is 5.92 Å². The van der Waals surface area contributed by atoms with Gasteiger partial charge in [0.05, 0.1) is 12.6 Å². The van der Waals surface area contributed by atoms with Crippen LogP contribution in [0.4, 0.5) is 0 Å². The SMILES string of the molecule is CCCOCC(N)c1noc(CC2CC2)n1. The van der Waals surface area contributed by atoms with Crippen LogP contribution in [0.15, 0.2) is 4.52 Å². The van der Waals surface area contributed by atoms with E-state index in [1.54, 1.807) is 0 Å². The van der Waals surface area contributed by atoms with Crippen LogP contribution in [0.5, 0.6) is 0 Å². The zero-order valence-electron chi connectivity index (χ0n) is 9.69. The molecule has 1 saturated carbocycles. The molecule has 5 heteroatoms. The minimum atomic E-state index is -0.275. The molecule has 0 spiro atoms. The third-order valence-corrected chi connectivity index (χ3v) is 2.62. The van der Waals surface area contributed by atoms with Gasteiger partial charge in [-0.2, -0.15) is 4.98 Å². The lowest BCUT2D eigenvalue weighted by Gasteiger charge is -2.06. The predicted molar refractivity (Wildman–Crippen MR) is 58.8 cm³/mol. The van der Waals surface area contributed by atoms with Gasteiger partial charge in [-0.1, -0.05) is 12.1 Å². The Kier molecular flexibility index (Phi) is 3.90. The average molecular weight is 225 g/mol. The van der Waals surface area contributed by atoms with Gasteiger partial charge in [-0.25, -0.2) is 0 Å². The van der Waals surface area contributed by atoms with Crippen molar-refractivity contribution in [3.05, 3.63) is 11.7 Å². The van der Waals surface area contributed by atoms with Crippen LogP contribution in [0.2, 0.25) is 0 Å². The van der Waals surface area contributed by atoms with Crippen molar-refractivity contribution < 1.29 is 9.26 Å². The molecule has 1 heterocycles. The van der Waals surface area contributed by atoms with Gasteiger partial charge in [-0.3, -0.25) is 0 Å². The number of aromatic nitrogens is 2. The van der Waals surface area contributed by atoms with Crippen LogP contribution in [0.3, 0.4) is 0 Å². The minimum Gasteiger partial charge on any atom is -0.379 e. The van der Waals surface area contributed by atoms with Gasteiger partial charge in [-0.05, 0) is 25.2 Å². The molecular weight excluding hydrogens is 206 g/mol. The normalized spacial score (nSPS) is 17.6. The molecule has 0 saturated heterocycles. The van der Waals surface area contributed by atoms with E-state index in [1.807, 2.05) is 0 Å². The van der Waals surface area contributed by atoms with Crippen LogP contribution in [0.25, 0.3) is 0 Å². The van der Waals surface area contributed by atoms with Gasteiger partial charge >= 0.3 is 0 Å². The lowest BCUT2D eigenvalue weighted by molar-refractivity contribution is 0.119. The summed E-state index contributed by atoms with van der Waals surface area (Å²) < 4.78 is 10.5. The van der Waals surface area contributed by atoms with Crippen molar-refractivity contribution in [1.82, 2.24) is 10.1 Å². The van der Waals surface area contributed by atoms with Crippen LogP contribution < -0.4 is 5.73 Å². The van der Waals surface area contributed by atoms with E-state index in [0.717, 1.165) is 25.4 Å². The molecule has 1 atom stereocenters. The third kappa shape index (κ3) is 3.28. The number of hydrogen-bond donors (Lipinski definition) is 1. The first-order chi connectivity index (χ1) is 7.79. The van der Waals surface area contributed by atoms with E-state index in [9.17, 15) is 0 Å². The molecule has 0 bridgehead atoms. The van der Waals surface area contributed by atoms with E-state index in [0.29, 0.717) is 18.3 Å². The molecule has 90 valence electrons. The molecule has 1 fully saturated rings. The Balaban J connectivity index is 1.80. The largest absolute Gasteiger partial charge is 0.379 e. The summed E-state index contributed by atoms with van der Waals surface area (Å²) in [6, 6.07) is -0.275. The standard InChI is InChI=1S/C11H19N3O2/c1-2-5-15-7-9(12)11-13-10(16-14-11)6-8-3-4-8/h8-9H,2-7,12H2,1H3. The molecule has 1 aromatic heterocycles. The topological polar surface area (TPSA) is 74.2 Å². The first-order valence-electron chi connectivity index (χ1n) is 5.95. The quantitative estimate of drug-likeness (QED) is 0.711. The highest BCUT2D eigenvalue weighted by atomic mass is 16.5. The number of hydrogen-bond acceptors (Lipinski definition) is 5. The number of nitrogens with zero attached hydrogens (tertiary/aromatic N) is 2. The highest BCUT2D eigenvalue weighted by Gasteiger charge is 2.25. The first-order valence-corrected chi connectivity index (χ1v) is 5.95. The summed E-state index contributed by atoms with van der Waals surface area (Å²) in [4.78, 5) is 4.29. The maximum Gasteiger partial charge on any atom is 0.226 e. The average Bonchev–Trinajstić information content (AvgIpc) is 2.95. The van der Waals surface area contributed by atoms with Crippen molar-refractivity contribution in [3.63, 3.8) is 0 Å². The summed E-state index contributed by atoms with van der Waals surface area (Å²) in [5.74, 6) is 2.02. The van der Waals surface area contributed by atoms with Crippen molar-refractivity contribution in [2.45, 2.75) is 38.6 Å². The van der Waals surface area contributed by atoms with Crippen molar-refractivity contribution in [2.75, 3.05) is 13.2 Å². The summed E-state index contributed by atoms with van der Waals surface area (Å²) in [5, 5.41) is 3.88. The summed E-state index contributed by atoms with van der Waals surface area (Å²) in [6.45, 7) is 3.24. The Morgan fingerprint density at radius 3 is 3.06 bits per heavy atom.